The lowest BCUT2D eigenvalue weighted by Crippen LogP contribution is -2.03. The van der Waals surface area contributed by atoms with Crippen LogP contribution >= 0.6 is 0 Å². The largest absolute Gasteiger partial charge is 0.748 e. The van der Waals surface area contributed by atoms with Gasteiger partial charge in [-0.15, -0.1) is 0 Å². The van der Waals surface area contributed by atoms with Crippen LogP contribution < -0.4 is 0 Å². The molecule has 0 heterocycles. The predicted molar refractivity (Wildman–Crippen MR) is 67.8 cm³/mol. The van der Waals surface area contributed by atoms with Crippen LogP contribution in [0.15, 0.2) is 30.3 Å². The van der Waals surface area contributed by atoms with Gasteiger partial charge < -0.3 is 4.55 Å². The van der Waals surface area contributed by atoms with Crippen molar-refractivity contribution in [3.05, 3.63) is 35.9 Å². The third-order valence-electron chi connectivity index (χ3n) is 2.70. The first-order valence-electron chi connectivity index (χ1n) is 6.05. The van der Waals surface area contributed by atoms with Gasteiger partial charge in [0.1, 0.15) is 0 Å². The van der Waals surface area contributed by atoms with Gasteiger partial charge in [0.2, 0.25) is 0 Å². The minimum Gasteiger partial charge on any atom is -0.748 e. The molecule has 17 heavy (non-hydrogen) atoms. The van der Waals surface area contributed by atoms with Gasteiger partial charge in [0.15, 0.2) is 0 Å². The number of hydrogen-bond donors (Lipinski definition) is 0. The summed E-state index contributed by atoms with van der Waals surface area (Å²) < 4.78 is 31.0. The zero-order valence-corrected chi connectivity index (χ0v) is 10.8. The van der Waals surface area contributed by atoms with E-state index in [9.17, 15) is 13.0 Å². The van der Waals surface area contributed by atoms with Crippen molar-refractivity contribution in [1.29, 1.82) is 0 Å². The molecular formula is C13H19O3S-. The molecule has 0 N–H and O–H groups in total. The molecule has 4 heteroatoms. The summed E-state index contributed by atoms with van der Waals surface area (Å²) in [5, 5.41) is 0. The number of hydrogen-bond acceptors (Lipinski definition) is 3. The monoisotopic (exact) mass is 255 g/mol. The lowest BCUT2D eigenvalue weighted by atomic mass is 10.1. The van der Waals surface area contributed by atoms with E-state index in [0.29, 0.717) is 6.42 Å². The van der Waals surface area contributed by atoms with Crippen molar-refractivity contribution in [2.24, 2.45) is 0 Å². The first-order chi connectivity index (χ1) is 8.08. The van der Waals surface area contributed by atoms with Gasteiger partial charge in [0.25, 0.3) is 0 Å². The zero-order chi connectivity index (χ0) is 12.6. The molecule has 0 saturated heterocycles. The first-order valence-corrected chi connectivity index (χ1v) is 7.63. The molecule has 0 amide bonds. The fraction of sp³-hybridized carbons (Fsp3) is 0.538. The van der Waals surface area contributed by atoms with E-state index in [1.165, 1.54) is 5.56 Å². The summed E-state index contributed by atoms with van der Waals surface area (Å²) in [4.78, 5) is 0. The fourth-order valence-electron chi connectivity index (χ4n) is 1.78. The summed E-state index contributed by atoms with van der Waals surface area (Å²) in [6.07, 6.45) is 5.61. The molecule has 0 atom stereocenters. The molecule has 3 nitrogen and oxygen atoms in total. The Labute approximate surface area is 104 Å². The molecule has 0 radical (unpaired) electrons. The van der Waals surface area contributed by atoms with Crippen LogP contribution in [0.3, 0.4) is 0 Å². The van der Waals surface area contributed by atoms with Gasteiger partial charge in [-0.25, -0.2) is 8.42 Å². The molecule has 0 spiro atoms. The number of unbranched alkanes of at least 4 members (excludes halogenated alkanes) is 4. The maximum atomic E-state index is 10.3. The molecule has 0 saturated carbocycles. The van der Waals surface area contributed by atoms with Gasteiger partial charge in [0, 0.05) is 5.75 Å². The van der Waals surface area contributed by atoms with E-state index in [4.69, 9.17) is 0 Å². The Morgan fingerprint density at radius 1 is 0.882 bits per heavy atom. The minimum absolute atomic E-state index is 0.217. The van der Waals surface area contributed by atoms with Crippen molar-refractivity contribution in [2.75, 3.05) is 5.75 Å². The van der Waals surface area contributed by atoms with Crippen LogP contribution in [0, 0.1) is 0 Å². The molecule has 0 unspecified atom stereocenters. The number of aryl methyl sites for hydroxylation is 1. The molecule has 0 aliphatic rings. The summed E-state index contributed by atoms with van der Waals surface area (Å²) >= 11 is 0. The van der Waals surface area contributed by atoms with Crippen LogP contribution in [-0.4, -0.2) is 18.7 Å². The SMILES string of the molecule is O=S(=O)([O-])CCCCCCCc1ccccc1. The Morgan fingerprint density at radius 3 is 2.12 bits per heavy atom. The second-order valence-corrected chi connectivity index (χ2v) is 5.79. The summed E-state index contributed by atoms with van der Waals surface area (Å²) in [5.41, 5.74) is 1.34. The highest BCUT2D eigenvalue weighted by Gasteiger charge is 1.96. The Kier molecular flexibility index (Phi) is 6.22. The van der Waals surface area contributed by atoms with Crippen LogP contribution in [0.4, 0.5) is 0 Å². The van der Waals surface area contributed by atoms with E-state index in [-0.39, 0.29) is 5.75 Å². The molecule has 1 aromatic rings. The standard InChI is InChI=1S/C13H20O3S/c14-17(15,16)12-8-3-1-2-5-9-13-10-6-4-7-11-13/h4,6-7,10-11H,1-3,5,8-9,12H2,(H,14,15,16)/p-1. The van der Waals surface area contributed by atoms with E-state index >= 15 is 0 Å². The zero-order valence-electron chi connectivity index (χ0n) is 9.97. The van der Waals surface area contributed by atoms with Crippen molar-refractivity contribution in [3.8, 4) is 0 Å². The van der Waals surface area contributed by atoms with Crippen molar-refractivity contribution in [1.82, 2.24) is 0 Å². The highest BCUT2D eigenvalue weighted by molar-refractivity contribution is 7.85. The highest BCUT2D eigenvalue weighted by Crippen LogP contribution is 2.09. The second kappa shape index (κ2) is 7.45. The normalized spacial score (nSPS) is 11.6. The van der Waals surface area contributed by atoms with E-state index in [1.54, 1.807) is 0 Å². The molecule has 0 aromatic heterocycles. The molecule has 0 aliphatic heterocycles. The molecule has 0 fully saturated rings. The molecule has 1 aromatic carbocycles. The molecule has 1 rings (SSSR count). The van der Waals surface area contributed by atoms with Gasteiger partial charge in [-0.3, -0.25) is 0 Å². The van der Waals surface area contributed by atoms with Gasteiger partial charge in [0.05, 0.1) is 10.1 Å². The van der Waals surface area contributed by atoms with E-state index in [0.717, 1.165) is 32.1 Å². The second-order valence-electron chi connectivity index (χ2n) is 4.27. The van der Waals surface area contributed by atoms with Crippen LogP contribution in [0.25, 0.3) is 0 Å². The summed E-state index contributed by atoms with van der Waals surface area (Å²) in [6, 6.07) is 10.3. The van der Waals surface area contributed by atoms with Crippen molar-refractivity contribution < 1.29 is 13.0 Å². The van der Waals surface area contributed by atoms with Crippen molar-refractivity contribution in [3.63, 3.8) is 0 Å². The minimum atomic E-state index is -4.01. The summed E-state index contributed by atoms with van der Waals surface area (Å²) in [6.45, 7) is 0. The van der Waals surface area contributed by atoms with Gasteiger partial charge in [-0.2, -0.15) is 0 Å². The van der Waals surface area contributed by atoms with Gasteiger partial charge in [-0.1, -0.05) is 49.6 Å². The first kappa shape index (κ1) is 14.2. The molecule has 0 aliphatic carbocycles. The van der Waals surface area contributed by atoms with E-state index in [2.05, 4.69) is 12.1 Å². The fourth-order valence-corrected chi connectivity index (χ4v) is 2.34. The molecule has 96 valence electrons. The lowest BCUT2D eigenvalue weighted by molar-refractivity contribution is 0.459. The van der Waals surface area contributed by atoms with Crippen LogP contribution in [-0.2, 0) is 16.5 Å². The highest BCUT2D eigenvalue weighted by atomic mass is 32.2. The van der Waals surface area contributed by atoms with Crippen molar-refractivity contribution >= 4 is 10.1 Å². The van der Waals surface area contributed by atoms with Gasteiger partial charge >= 0.3 is 0 Å². The average molecular weight is 255 g/mol. The predicted octanol–water partition coefficient (Wildman–Crippen LogP) is 2.72. The summed E-state index contributed by atoms with van der Waals surface area (Å²) in [5.74, 6) is -0.217. The third-order valence-corrected chi connectivity index (χ3v) is 3.49. The van der Waals surface area contributed by atoms with E-state index in [1.807, 2.05) is 18.2 Å². The van der Waals surface area contributed by atoms with Crippen LogP contribution in [0.2, 0.25) is 0 Å². The molecule has 0 bridgehead atoms. The Bertz CT molecular complexity index is 398. The maximum absolute atomic E-state index is 10.3. The Morgan fingerprint density at radius 2 is 1.47 bits per heavy atom. The van der Waals surface area contributed by atoms with Crippen molar-refractivity contribution in [2.45, 2.75) is 38.5 Å². The summed E-state index contributed by atoms with van der Waals surface area (Å²) in [7, 11) is -4.01. The number of benzene rings is 1. The van der Waals surface area contributed by atoms with Crippen LogP contribution in [0.1, 0.15) is 37.7 Å². The Hall–Kier alpha value is -0.870. The maximum Gasteiger partial charge on any atom is 0.0945 e. The quantitative estimate of drug-likeness (QED) is 0.530. The van der Waals surface area contributed by atoms with Crippen LogP contribution in [0.5, 0.6) is 0 Å². The molecular weight excluding hydrogens is 236 g/mol. The topological polar surface area (TPSA) is 57.2 Å². The smallest absolute Gasteiger partial charge is 0.0945 e. The number of rotatable bonds is 8. The average Bonchev–Trinajstić information content (AvgIpc) is 2.28. The van der Waals surface area contributed by atoms with Gasteiger partial charge in [-0.05, 0) is 24.8 Å². The van der Waals surface area contributed by atoms with E-state index < -0.39 is 10.1 Å². The lowest BCUT2D eigenvalue weighted by Gasteiger charge is -2.06. The third kappa shape index (κ3) is 7.94. The Balaban J connectivity index is 1.99.